The van der Waals surface area contributed by atoms with Gasteiger partial charge in [0, 0.05) is 0 Å². The SMILES string of the molecule is CC(C)COc1cc(C(=O)O)cc(C2CCCCC2)c1. The van der Waals surface area contributed by atoms with Gasteiger partial charge in [0.25, 0.3) is 0 Å². The highest BCUT2D eigenvalue weighted by Crippen LogP contribution is 2.34. The lowest BCUT2D eigenvalue weighted by atomic mass is 9.83. The van der Waals surface area contributed by atoms with Crippen molar-refractivity contribution in [3.05, 3.63) is 29.3 Å². The van der Waals surface area contributed by atoms with E-state index < -0.39 is 5.97 Å². The molecule has 1 aliphatic rings. The monoisotopic (exact) mass is 276 g/mol. The van der Waals surface area contributed by atoms with Gasteiger partial charge in [0.05, 0.1) is 12.2 Å². The number of aromatic carboxylic acids is 1. The Hall–Kier alpha value is -1.51. The predicted octanol–water partition coefficient (Wildman–Crippen LogP) is 4.47. The molecule has 0 bridgehead atoms. The fourth-order valence-corrected chi connectivity index (χ4v) is 2.76. The summed E-state index contributed by atoms with van der Waals surface area (Å²) in [4.78, 5) is 11.3. The zero-order valence-corrected chi connectivity index (χ0v) is 12.4. The van der Waals surface area contributed by atoms with E-state index in [1.54, 1.807) is 6.07 Å². The maximum Gasteiger partial charge on any atom is 0.335 e. The summed E-state index contributed by atoms with van der Waals surface area (Å²) in [6, 6.07) is 5.49. The quantitative estimate of drug-likeness (QED) is 0.863. The summed E-state index contributed by atoms with van der Waals surface area (Å²) in [5, 5.41) is 9.25. The first-order valence-corrected chi connectivity index (χ1v) is 7.57. The molecular weight excluding hydrogens is 252 g/mol. The Morgan fingerprint density at radius 1 is 1.25 bits per heavy atom. The first-order valence-electron chi connectivity index (χ1n) is 7.57. The second kappa shape index (κ2) is 6.78. The molecule has 1 N–H and O–H groups in total. The average Bonchev–Trinajstić information content (AvgIpc) is 2.45. The maximum atomic E-state index is 11.3. The molecule has 0 radical (unpaired) electrons. The lowest BCUT2D eigenvalue weighted by molar-refractivity contribution is 0.0696. The van der Waals surface area contributed by atoms with Crippen LogP contribution in [-0.2, 0) is 0 Å². The van der Waals surface area contributed by atoms with Crippen LogP contribution in [0, 0.1) is 5.92 Å². The van der Waals surface area contributed by atoms with Gasteiger partial charge in [-0.05, 0) is 48.4 Å². The zero-order chi connectivity index (χ0) is 14.5. The molecule has 1 aromatic carbocycles. The van der Waals surface area contributed by atoms with Gasteiger partial charge >= 0.3 is 5.97 Å². The summed E-state index contributed by atoms with van der Waals surface area (Å²) >= 11 is 0. The molecule has 0 unspecified atom stereocenters. The third-order valence-corrected chi connectivity index (χ3v) is 3.84. The second-order valence-electron chi connectivity index (χ2n) is 6.14. The summed E-state index contributed by atoms with van der Waals surface area (Å²) in [7, 11) is 0. The molecule has 0 aliphatic heterocycles. The van der Waals surface area contributed by atoms with E-state index >= 15 is 0 Å². The van der Waals surface area contributed by atoms with Crippen molar-refractivity contribution < 1.29 is 14.6 Å². The molecule has 20 heavy (non-hydrogen) atoms. The molecule has 1 aliphatic carbocycles. The van der Waals surface area contributed by atoms with E-state index in [-0.39, 0.29) is 0 Å². The van der Waals surface area contributed by atoms with Gasteiger partial charge in [0.15, 0.2) is 0 Å². The standard InChI is InChI=1S/C17H24O3/c1-12(2)11-20-16-9-14(8-15(10-16)17(18)19)13-6-4-3-5-7-13/h8-10,12-13H,3-7,11H2,1-2H3,(H,18,19). The van der Waals surface area contributed by atoms with Crippen molar-refractivity contribution in [1.82, 2.24) is 0 Å². The van der Waals surface area contributed by atoms with Crippen LogP contribution in [-0.4, -0.2) is 17.7 Å². The first kappa shape index (κ1) is 14.9. The van der Waals surface area contributed by atoms with E-state index in [1.165, 1.54) is 19.3 Å². The Morgan fingerprint density at radius 2 is 1.95 bits per heavy atom. The molecule has 0 saturated heterocycles. The minimum absolute atomic E-state index is 0.340. The number of carboxylic acid groups (broad SMARTS) is 1. The topological polar surface area (TPSA) is 46.5 Å². The maximum absolute atomic E-state index is 11.3. The summed E-state index contributed by atoms with van der Waals surface area (Å²) < 4.78 is 5.73. The number of carbonyl (C=O) groups is 1. The summed E-state index contributed by atoms with van der Waals surface area (Å²) in [6.45, 7) is 4.79. The van der Waals surface area contributed by atoms with Crippen molar-refractivity contribution in [1.29, 1.82) is 0 Å². The van der Waals surface area contributed by atoms with Crippen molar-refractivity contribution >= 4 is 5.97 Å². The van der Waals surface area contributed by atoms with Crippen molar-refractivity contribution in [2.24, 2.45) is 5.92 Å². The molecule has 1 saturated carbocycles. The summed E-state index contributed by atoms with van der Waals surface area (Å²) in [5.41, 5.74) is 1.47. The van der Waals surface area contributed by atoms with E-state index in [1.807, 2.05) is 12.1 Å². The van der Waals surface area contributed by atoms with Gasteiger partial charge in [0.1, 0.15) is 5.75 Å². The molecule has 3 heteroatoms. The van der Waals surface area contributed by atoms with Gasteiger partial charge in [-0.15, -0.1) is 0 Å². The van der Waals surface area contributed by atoms with E-state index in [9.17, 15) is 9.90 Å². The largest absolute Gasteiger partial charge is 0.493 e. The molecule has 1 aromatic rings. The molecular formula is C17H24O3. The summed E-state index contributed by atoms with van der Waals surface area (Å²) in [6.07, 6.45) is 6.10. The van der Waals surface area contributed by atoms with Crippen LogP contribution in [0.1, 0.15) is 67.8 Å². The number of hydrogen-bond acceptors (Lipinski definition) is 2. The van der Waals surface area contributed by atoms with Crippen LogP contribution in [0.5, 0.6) is 5.75 Å². The fraction of sp³-hybridized carbons (Fsp3) is 0.588. The minimum Gasteiger partial charge on any atom is -0.493 e. The van der Waals surface area contributed by atoms with Gasteiger partial charge in [-0.25, -0.2) is 4.79 Å². The van der Waals surface area contributed by atoms with Gasteiger partial charge in [-0.3, -0.25) is 0 Å². The fourth-order valence-electron chi connectivity index (χ4n) is 2.76. The van der Waals surface area contributed by atoms with Crippen LogP contribution in [0.15, 0.2) is 18.2 Å². The molecule has 3 nitrogen and oxygen atoms in total. The highest BCUT2D eigenvalue weighted by molar-refractivity contribution is 5.88. The smallest absolute Gasteiger partial charge is 0.335 e. The lowest BCUT2D eigenvalue weighted by Crippen LogP contribution is -2.09. The van der Waals surface area contributed by atoms with E-state index in [0.29, 0.717) is 29.8 Å². The van der Waals surface area contributed by atoms with E-state index in [2.05, 4.69) is 13.8 Å². The lowest BCUT2D eigenvalue weighted by Gasteiger charge is -2.23. The van der Waals surface area contributed by atoms with Crippen LogP contribution in [0.3, 0.4) is 0 Å². The van der Waals surface area contributed by atoms with E-state index in [0.717, 1.165) is 18.4 Å². The Kier molecular flexibility index (Phi) is 5.05. The summed E-state index contributed by atoms with van der Waals surface area (Å²) in [5.74, 6) is 0.738. The van der Waals surface area contributed by atoms with Gasteiger partial charge in [0.2, 0.25) is 0 Å². The molecule has 0 spiro atoms. The van der Waals surface area contributed by atoms with Crippen molar-refractivity contribution in [3.63, 3.8) is 0 Å². The Bertz CT molecular complexity index is 459. The van der Waals surface area contributed by atoms with Crippen LogP contribution in [0.4, 0.5) is 0 Å². The molecule has 1 fully saturated rings. The number of hydrogen-bond donors (Lipinski definition) is 1. The minimum atomic E-state index is -0.878. The highest BCUT2D eigenvalue weighted by atomic mass is 16.5. The molecule has 0 heterocycles. The van der Waals surface area contributed by atoms with Gasteiger partial charge in [-0.1, -0.05) is 33.1 Å². The number of carboxylic acids is 1. The normalized spacial score (nSPS) is 16.4. The van der Waals surface area contributed by atoms with Gasteiger partial charge in [-0.2, -0.15) is 0 Å². The van der Waals surface area contributed by atoms with Crippen LogP contribution >= 0.6 is 0 Å². The van der Waals surface area contributed by atoms with E-state index in [4.69, 9.17) is 4.74 Å². The van der Waals surface area contributed by atoms with Crippen LogP contribution in [0.2, 0.25) is 0 Å². The Balaban J connectivity index is 2.22. The number of ether oxygens (including phenoxy) is 1. The Morgan fingerprint density at radius 3 is 2.55 bits per heavy atom. The zero-order valence-electron chi connectivity index (χ0n) is 12.4. The second-order valence-corrected chi connectivity index (χ2v) is 6.14. The third kappa shape index (κ3) is 3.99. The first-order chi connectivity index (χ1) is 9.56. The van der Waals surface area contributed by atoms with Crippen LogP contribution < -0.4 is 4.74 Å². The van der Waals surface area contributed by atoms with Crippen molar-refractivity contribution in [3.8, 4) is 5.75 Å². The number of benzene rings is 1. The average molecular weight is 276 g/mol. The molecule has 0 atom stereocenters. The Labute approximate surface area is 121 Å². The van der Waals surface area contributed by atoms with Crippen molar-refractivity contribution in [2.75, 3.05) is 6.61 Å². The third-order valence-electron chi connectivity index (χ3n) is 3.84. The van der Waals surface area contributed by atoms with Crippen molar-refractivity contribution in [2.45, 2.75) is 51.9 Å². The molecule has 0 amide bonds. The molecule has 110 valence electrons. The number of rotatable bonds is 5. The molecule has 2 rings (SSSR count). The molecule has 0 aromatic heterocycles. The highest BCUT2D eigenvalue weighted by Gasteiger charge is 2.18. The van der Waals surface area contributed by atoms with Crippen LogP contribution in [0.25, 0.3) is 0 Å². The predicted molar refractivity (Wildman–Crippen MR) is 79.6 cm³/mol. The van der Waals surface area contributed by atoms with Gasteiger partial charge < -0.3 is 9.84 Å².